The van der Waals surface area contributed by atoms with Gasteiger partial charge in [-0.15, -0.1) is 0 Å². The lowest BCUT2D eigenvalue weighted by Gasteiger charge is -2.27. The molecular weight excluding hydrogens is 246 g/mol. The summed E-state index contributed by atoms with van der Waals surface area (Å²) >= 11 is 0. The molecule has 0 bridgehead atoms. The molecule has 0 saturated heterocycles. The lowest BCUT2D eigenvalue weighted by atomic mass is 9.90. The first kappa shape index (κ1) is 13.2. The average Bonchev–Trinajstić information content (AvgIpc) is 2.49. The summed E-state index contributed by atoms with van der Waals surface area (Å²) in [6, 6.07) is 17.6. The molecule has 0 amide bonds. The van der Waals surface area contributed by atoms with Gasteiger partial charge in [-0.3, -0.25) is 0 Å². The molecule has 0 radical (unpaired) electrons. The van der Waals surface area contributed by atoms with Crippen LogP contribution in [0.3, 0.4) is 0 Å². The van der Waals surface area contributed by atoms with Crippen molar-refractivity contribution in [2.24, 2.45) is 0 Å². The van der Waals surface area contributed by atoms with Crippen molar-refractivity contribution in [3.8, 4) is 5.75 Å². The lowest BCUT2D eigenvalue weighted by Crippen LogP contribution is -2.31. The van der Waals surface area contributed by atoms with Crippen LogP contribution in [-0.2, 0) is 12.8 Å². The van der Waals surface area contributed by atoms with Crippen molar-refractivity contribution < 1.29 is 4.74 Å². The largest absolute Gasteiger partial charge is 0.494 e. The Kier molecular flexibility index (Phi) is 4.03. The zero-order valence-electron chi connectivity index (χ0n) is 11.9. The summed E-state index contributed by atoms with van der Waals surface area (Å²) in [5.74, 6) is 0.992. The fourth-order valence-electron chi connectivity index (χ4n) is 2.92. The fraction of sp³-hybridized carbons (Fsp3) is 0.333. The van der Waals surface area contributed by atoms with E-state index >= 15 is 0 Å². The molecule has 2 heteroatoms. The Balaban J connectivity index is 1.83. The van der Waals surface area contributed by atoms with Gasteiger partial charge in [-0.05, 0) is 55.1 Å². The van der Waals surface area contributed by atoms with Crippen LogP contribution in [-0.4, -0.2) is 13.2 Å². The van der Waals surface area contributed by atoms with Gasteiger partial charge >= 0.3 is 0 Å². The number of fused-ring (bicyclic) bond motifs is 1. The topological polar surface area (TPSA) is 21.3 Å². The molecule has 0 spiro atoms. The van der Waals surface area contributed by atoms with E-state index in [2.05, 4.69) is 53.8 Å². The molecular formula is C18H21NO. The number of rotatable bonds is 4. The van der Waals surface area contributed by atoms with Crippen LogP contribution >= 0.6 is 0 Å². The summed E-state index contributed by atoms with van der Waals surface area (Å²) in [6.07, 6.45) is 2.13. The SMILES string of the molecule is CCOc1ccc2c(c1)CCNC2Cc1ccccc1. The highest BCUT2D eigenvalue weighted by molar-refractivity contribution is 5.40. The van der Waals surface area contributed by atoms with Gasteiger partial charge in [0.2, 0.25) is 0 Å². The van der Waals surface area contributed by atoms with Gasteiger partial charge in [-0.25, -0.2) is 0 Å². The zero-order valence-corrected chi connectivity index (χ0v) is 11.9. The normalized spacial score (nSPS) is 17.6. The average molecular weight is 267 g/mol. The van der Waals surface area contributed by atoms with E-state index in [1.807, 2.05) is 6.92 Å². The Bertz CT molecular complexity index is 565. The quantitative estimate of drug-likeness (QED) is 0.915. The van der Waals surface area contributed by atoms with E-state index < -0.39 is 0 Å². The van der Waals surface area contributed by atoms with Crippen molar-refractivity contribution in [2.75, 3.05) is 13.2 Å². The van der Waals surface area contributed by atoms with Crippen molar-refractivity contribution in [2.45, 2.75) is 25.8 Å². The molecule has 2 aromatic rings. The van der Waals surface area contributed by atoms with E-state index in [4.69, 9.17) is 4.74 Å². The summed E-state index contributed by atoms with van der Waals surface area (Å²) in [6.45, 7) is 3.80. The predicted octanol–water partition coefficient (Wildman–Crippen LogP) is 3.51. The van der Waals surface area contributed by atoms with Crippen molar-refractivity contribution in [3.05, 3.63) is 65.2 Å². The zero-order chi connectivity index (χ0) is 13.8. The highest BCUT2D eigenvalue weighted by atomic mass is 16.5. The maximum absolute atomic E-state index is 5.61. The van der Waals surface area contributed by atoms with E-state index in [0.717, 1.165) is 31.7 Å². The third kappa shape index (κ3) is 2.86. The van der Waals surface area contributed by atoms with Crippen molar-refractivity contribution >= 4 is 0 Å². The fourth-order valence-corrected chi connectivity index (χ4v) is 2.92. The highest BCUT2D eigenvalue weighted by Gasteiger charge is 2.20. The number of hydrogen-bond acceptors (Lipinski definition) is 2. The maximum Gasteiger partial charge on any atom is 0.119 e. The van der Waals surface area contributed by atoms with Gasteiger partial charge in [0.05, 0.1) is 6.61 Å². The highest BCUT2D eigenvalue weighted by Crippen LogP contribution is 2.29. The summed E-state index contributed by atoms with van der Waals surface area (Å²) in [5.41, 5.74) is 4.23. The number of benzene rings is 2. The van der Waals surface area contributed by atoms with E-state index in [-0.39, 0.29) is 0 Å². The molecule has 2 aromatic carbocycles. The van der Waals surface area contributed by atoms with Gasteiger partial charge in [0.25, 0.3) is 0 Å². The van der Waals surface area contributed by atoms with Gasteiger partial charge < -0.3 is 10.1 Å². The van der Waals surface area contributed by atoms with Crippen LogP contribution in [0.2, 0.25) is 0 Å². The molecule has 1 N–H and O–H groups in total. The summed E-state index contributed by atoms with van der Waals surface area (Å²) in [5, 5.41) is 3.63. The molecule has 2 nitrogen and oxygen atoms in total. The molecule has 1 aliphatic heterocycles. The monoisotopic (exact) mass is 267 g/mol. The third-order valence-corrected chi connectivity index (χ3v) is 3.87. The maximum atomic E-state index is 5.61. The van der Waals surface area contributed by atoms with Crippen LogP contribution < -0.4 is 10.1 Å². The first-order valence-corrected chi connectivity index (χ1v) is 7.39. The van der Waals surface area contributed by atoms with Gasteiger partial charge in [0, 0.05) is 6.04 Å². The first-order chi connectivity index (χ1) is 9.86. The van der Waals surface area contributed by atoms with Crippen LogP contribution in [0.5, 0.6) is 5.75 Å². The van der Waals surface area contributed by atoms with Gasteiger partial charge in [0.1, 0.15) is 5.75 Å². The Labute approximate surface area is 120 Å². The van der Waals surface area contributed by atoms with Crippen molar-refractivity contribution in [1.29, 1.82) is 0 Å². The Morgan fingerprint density at radius 3 is 2.80 bits per heavy atom. The lowest BCUT2D eigenvalue weighted by molar-refractivity contribution is 0.339. The molecule has 0 aliphatic carbocycles. The van der Waals surface area contributed by atoms with Gasteiger partial charge in [0.15, 0.2) is 0 Å². The molecule has 1 heterocycles. The second-order valence-corrected chi connectivity index (χ2v) is 5.24. The van der Waals surface area contributed by atoms with Crippen LogP contribution in [0.25, 0.3) is 0 Å². The smallest absolute Gasteiger partial charge is 0.119 e. The number of hydrogen-bond donors (Lipinski definition) is 1. The third-order valence-electron chi connectivity index (χ3n) is 3.87. The van der Waals surface area contributed by atoms with Crippen LogP contribution in [0.1, 0.15) is 29.7 Å². The molecule has 0 saturated carbocycles. The molecule has 1 aliphatic rings. The predicted molar refractivity (Wildman–Crippen MR) is 82.2 cm³/mol. The van der Waals surface area contributed by atoms with E-state index in [1.54, 1.807) is 0 Å². The summed E-state index contributed by atoms with van der Waals surface area (Å²) in [4.78, 5) is 0. The van der Waals surface area contributed by atoms with E-state index in [0.29, 0.717) is 6.04 Å². The summed E-state index contributed by atoms with van der Waals surface area (Å²) in [7, 11) is 0. The number of nitrogens with one attached hydrogen (secondary N) is 1. The molecule has 0 fully saturated rings. The minimum atomic E-state index is 0.414. The van der Waals surface area contributed by atoms with E-state index in [1.165, 1.54) is 16.7 Å². The molecule has 104 valence electrons. The standard InChI is InChI=1S/C18H21NO/c1-2-20-16-8-9-17-15(13-16)10-11-19-18(17)12-14-6-4-3-5-7-14/h3-9,13,18-19H,2,10-12H2,1H3. The minimum absolute atomic E-state index is 0.414. The van der Waals surface area contributed by atoms with Gasteiger partial charge in [-0.2, -0.15) is 0 Å². The Morgan fingerprint density at radius 1 is 1.15 bits per heavy atom. The van der Waals surface area contributed by atoms with Gasteiger partial charge in [-0.1, -0.05) is 36.4 Å². The summed E-state index contributed by atoms with van der Waals surface area (Å²) < 4.78 is 5.61. The molecule has 20 heavy (non-hydrogen) atoms. The van der Waals surface area contributed by atoms with Crippen LogP contribution in [0.15, 0.2) is 48.5 Å². The number of ether oxygens (including phenoxy) is 1. The Morgan fingerprint density at radius 2 is 2.00 bits per heavy atom. The first-order valence-electron chi connectivity index (χ1n) is 7.39. The second-order valence-electron chi connectivity index (χ2n) is 5.24. The van der Waals surface area contributed by atoms with Crippen LogP contribution in [0.4, 0.5) is 0 Å². The minimum Gasteiger partial charge on any atom is -0.494 e. The molecule has 1 unspecified atom stereocenters. The second kappa shape index (κ2) is 6.10. The Hall–Kier alpha value is -1.80. The van der Waals surface area contributed by atoms with E-state index in [9.17, 15) is 0 Å². The molecule has 0 aromatic heterocycles. The van der Waals surface area contributed by atoms with Crippen LogP contribution in [0, 0.1) is 0 Å². The van der Waals surface area contributed by atoms with Crippen molar-refractivity contribution in [3.63, 3.8) is 0 Å². The molecule has 1 atom stereocenters. The molecule has 3 rings (SSSR count). The van der Waals surface area contributed by atoms with Crippen molar-refractivity contribution in [1.82, 2.24) is 5.32 Å².